The fourth-order valence-corrected chi connectivity index (χ4v) is 3.76. The number of Topliss-reactive ketones (excluding diaryl/α,β-unsaturated/α-hetero) is 2. The third-order valence-corrected chi connectivity index (χ3v) is 4.61. The van der Waals surface area contributed by atoms with Gasteiger partial charge >= 0.3 is 0 Å². The molecule has 2 nitrogen and oxygen atoms in total. The first kappa shape index (κ1) is 12.5. The van der Waals surface area contributed by atoms with Crippen molar-refractivity contribution < 1.29 is 9.59 Å². The van der Waals surface area contributed by atoms with Gasteiger partial charge in [-0.15, -0.1) is 0 Å². The molecule has 0 unspecified atom stereocenters. The minimum atomic E-state index is -0.0155. The quantitative estimate of drug-likeness (QED) is 0.703. The maximum absolute atomic E-state index is 12.0. The van der Waals surface area contributed by atoms with Gasteiger partial charge in [0.2, 0.25) is 0 Å². The lowest BCUT2D eigenvalue weighted by Gasteiger charge is -2.36. The molecule has 2 aliphatic rings. The molecule has 2 heteroatoms. The lowest BCUT2D eigenvalue weighted by molar-refractivity contribution is -0.128. The molecule has 94 valence electrons. The van der Waals surface area contributed by atoms with Crippen LogP contribution in [0.25, 0.3) is 0 Å². The van der Waals surface area contributed by atoms with Crippen LogP contribution in [0.4, 0.5) is 0 Å². The van der Waals surface area contributed by atoms with E-state index in [1.54, 1.807) is 6.92 Å². The number of allylic oxidation sites excluding steroid dienone is 2. The second-order valence-electron chi connectivity index (χ2n) is 5.58. The molecule has 0 amide bonds. The monoisotopic (exact) mass is 234 g/mol. The molecule has 0 heterocycles. The second kappa shape index (κ2) is 4.75. The number of ketones is 2. The molecule has 0 aromatic rings. The Labute approximate surface area is 103 Å². The van der Waals surface area contributed by atoms with Crippen LogP contribution in [0.2, 0.25) is 0 Å². The maximum atomic E-state index is 12.0. The average molecular weight is 234 g/mol. The van der Waals surface area contributed by atoms with Crippen LogP contribution in [-0.4, -0.2) is 11.6 Å². The van der Waals surface area contributed by atoms with Gasteiger partial charge in [-0.2, -0.15) is 0 Å². The molecule has 4 atom stereocenters. The second-order valence-corrected chi connectivity index (χ2v) is 5.58. The zero-order valence-electron chi connectivity index (χ0n) is 11.0. The Morgan fingerprint density at radius 1 is 1.41 bits per heavy atom. The predicted octanol–water partition coefficient (Wildman–Crippen LogP) is 3.16. The largest absolute Gasteiger partial charge is 0.300 e. The lowest BCUT2D eigenvalue weighted by atomic mass is 9.66. The first-order valence-electron chi connectivity index (χ1n) is 6.80. The first-order valence-corrected chi connectivity index (χ1v) is 6.80. The maximum Gasteiger partial charge on any atom is 0.139 e. The van der Waals surface area contributed by atoms with Crippen LogP contribution in [0.3, 0.4) is 0 Å². The van der Waals surface area contributed by atoms with Crippen LogP contribution in [-0.2, 0) is 9.59 Å². The summed E-state index contributed by atoms with van der Waals surface area (Å²) in [6, 6.07) is 0. The Hall–Kier alpha value is -0.920. The van der Waals surface area contributed by atoms with Crippen LogP contribution in [0.1, 0.15) is 46.5 Å². The summed E-state index contributed by atoms with van der Waals surface area (Å²) < 4.78 is 0. The van der Waals surface area contributed by atoms with E-state index >= 15 is 0 Å². The van der Waals surface area contributed by atoms with Crippen molar-refractivity contribution >= 4 is 11.6 Å². The van der Waals surface area contributed by atoms with Crippen LogP contribution in [0, 0.1) is 23.7 Å². The van der Waals surface area contributed by atoms with Gasteiger partial charge in [0.25, 0.3) is 0 Å². The Bertz CT molecular complexity index is 367. The van der Waals surface area contributed by atoms with Crippen molar-refractivity contribution in [2.45, 2.75) is 46.5 Å². The van der Waals surface area contributed by atoms with Crippen molar-refractivity contribution in [3.63, 3.8) is 0 Å². The number of fused-ring (bicyclic) bond motifs is 1. The molecule has 1 fully saturated rings. The van der Waals surface area contributed by atoms with E-state index in [9.17, 15) is 9.59 Å². The Balaban J connectivity index is 2.34. The van der Waals surface area contributed by atoms with Gasteiger partial charge in [0, 0.05) is 18.3 Å². The highest BCUT2D eigenvalue weighted by atomic mass is 16.1. The van der Waals surface area contributed by atoms with Crippen molar-refractivity contribution in [3.8, 4) is 0 Å². The summed E-state index contributed by atoms with van der Waals surface area (Å²) in [4.78, 5) is 23.8. The van der Waals surface area contributed by atoms with Crippen LogP contribution >= 0.6 is 0 Å². The van der Waals surface area contributed by atoms with E-state index in [2.05, 4.69) is 13.0 Å². The molecule has 1 saturated carbocycles. The Morgan fingerprint density at radius 3 is 2.71 bits per heavy atom. The van der Waals surface area contributed by atoms with E-state index < -0.39 is 0 Å². The highest BCUT2D eigenvalue weighted by molar-refractivity contribution is 5.86. The highest BCUT2D eigenvalue weighted by Gasteiger charge is 2.43. The van der Waals surface area contributed by atoms with Crippen LogP contribution in [0.5, 0.6) is 0 Å². The van der Waals surface area contributed by atoms with E-state index in [0.717, 1.165) is 12.8 Å². The molecule has 2 aliphatic carbocycles. The number of rotatable bonds is 3. The van der Waals surface area contributed by atoms with E-state index in [1.165, 1.54) is 12.0 Å². The molecular weight excluding hydrogens is 212 g/mol. The number of carbonyl (C=O) groups excluding carboxylic acids is 2. The van der Waals surface area contributed by atoms with Crippen LogP contribution in [0.15, 0.2) is 11.6 Å². The van der Waals surface area contributed by atoms with E-state index in [-0.39, 0.29) is 23.5 Å². The van der Waals surface area contributed by atoms with Crippen molar-refractivity contribution in [3.05, 3.63) is 11.6 Å². The first-order chi connectivity index (χ1) is 8.06. The zero-order chi connectivity index (χ0) is 12.6. The molecule has 0 spiro atoms. The van der Waals surface area contributed by atoms with Gasteiger partial charge in [-0.3, -0.25) is 9.59 Å². The standard InChI is InChI=1S/C15H22O2/c1-4-14(17)13-8-11-6-5-7-12(11)15(9(13)2)10(3)16/h8-9,12-13,15H,4-7H2,1-3H3/t9-,12+,13+,15+/m1/s1. The SMILES string of the molecule is CCC(=O)[C@H]1C=C2CCC[C@@H]2[C@H](C(C)=O)[C@@H]1C. The van der Waals surface area contributed by atoms with Gasteiger partial charge in [0.05, 0.1) is 0 Å². The fraction of sp³-hybridized carbons (Fsp3) is 0.733. The van der Waals surface area contributed by atoms with Crippen molar-refractivity contribution in [1.82, 2.24) is 0 Å². The molecule has 0 bridgehead atoms. The molecule has 0 aromatic carbocycles. The summed E-state index contributed by atoms with van der Waals surface area (Å²) in [7, 11) is 0. The molecular formula is C15H22O2. The summed E-state index contributed by atoms with van der Waals surface area (Å²) in [5, 5.41) is 0. The van der Waals surface area contributed by atoms with Gasteiger partial charge in [0.15, 0.2) is 0 Å². The van der Waals surface area contributed by atoms with Crippen molar-refractivity contribution in [1.29, 1.82) is 0 Å². The van der Waals surface area contributed by atoms with E-state index in [4.69, 9.17) is 0 Å². The normalized spacial score (nSPS) is 36.3. The third kappa shape index (κ3) is 2.10. The molecule has 0 aliphatic heterocycles. The minimum absolute atomic E-state index is 0.0155. The number of hydrogen-bond donors (Lipinski definition) is 0. The zero-order valence-corrected chi connectivity index (χ0v) is 11.0. The van der Waals surface area contributed by atoms with E-state index in [0.29, 0.717) is 18.1 Å². The molecule has 0 saturated heterocycles. The summed E-state index contributed by atoms with van der Waals surface area (Å²) in [6.45, 7) is 5.68. The van der Waals surface area contributed by atoms with Gasteiger partial charge in [-0.05, 0) is 38.0 Å². The summed E-state index contributed by atoms with van der Waals surface area (Å²) in [6.07, 6.45) is 6.17. The minimum Gasteiger partial charge on any atom is -0.300 e. The van der Waals surface area contributed by atoms with Crippen molar-refractivity contribution in [2.75, 3.05) is 0 Å². The summed E-state index contributed by atoms with van der Waals surface area (Å²) >= 11 is 0. The third-order valence-electron chi connectivity index (χ3n) is 4.61. The molecule has 2 rings (SSSR count). The van der Waals surface area contributed by atoms with Gasteiger partial charge in [-0.1, -0.05) is 25.5 Å². The highest BCUT2D eigenvalue weighted by Crippen LogP contribution is 2.47. The van der Waals surface area contributed by atoms with Gasteiger partial charge in [0.1, 0.15) is 11.6 Å². The fourth-order valence-electron chi connectivity index (χ4n) is 3.76. The predicted molar refractivity (Wildman–Crippen MR) is 67.5 cm³/mol. The molecule has 0 radical (unpaired) electrons. The van der Waals surface area contributed by atoms with Crippen molar-refractivity contribution in [2.24, 2.45) is 23.7 Å². The van der Waals surface area contributed by atoms with Gasteiger partial charge in [-0.25, -0.2) is 0 Å². The Kier molecular flexibility index (Phi) is 3.50. The van der Waals surface area contributed by atoms with Gasteiger partial charge < -0.3 is 0 Å². The summed E-state index contributed by atoms with van der Waals surface area (Å²) in [5.41, 5.74) is 1.38. The molecule has 17 heavy (non-hydrogen) atoms. The smallest absolute Gasteiger partial charge is 0.139 e. The summed E-state index contributed by atoms with van der Waals surface area (Å²) in [5.74, 6) is 1.25. The molecule has 0 N–H and O–H groups in total. The molecule has 0 aromatic heterocycles. The lowest BCUT2D eigenvalue weighted by Crippen LogP contribution is -2.38. The topological polar surface area (TPSA) is 34.1 Å². The number of hydrogen-bond acceptors (Lipinski definition) is 2. The van der Waals surface area contributed by atoms with E-state index in [1.807, 2.05) is 6.92 Å². The van der Waals surface area contributed by atoms with Crippen LogP contribution < -0.4 is 0 Å². The Morgan fingerprint density at radius 2 is 2.12 bits per heavy atom. The number of carbonyl (C=O) groups is 2. The average Bonchev–Trinajstić information content (AvgIpc) is 2.73.